The molecule has 1 aliphatic heterocycles. The average molecular weight is 189 g/mol. The molecule has 1 aromatic rings. The summed E-state index contributed by atoms with van der Waals surface area (Å²) in [7, 11) is 4.13. The van der Waals surface area contributed by atoms with Crippen molar-refractivity contribution in [1.29, 1.82) is 0 Å². The fraction of sp³-hybridized carbons (Fsp3) is 0.364. The van der Waals surface area contributed by atoms with Gasteiger partial charge in [-0.1, -0.05) is 18.2 Å². The SMILES string of the molecule is CN1CCN=C1N(C)c1ccccc1. The van der Waals surface area contributed by atoms with Gasteiger partial charge in [-0.2, -0.15) is 0 Å². The smallest absolute Gasteiger partial charge is 0.200 e. The van der Waals surface area contributed by atoms with Gasteiger partial charge in [0.05, 0.1) is 6.54 Å². The molecule has 0 saturated carbocycles. The first kappa shape index (κ1) is 9.06. The standard InChI is InChI=1S/C11H15N3/c1-13-9-8-12-11(13)14(2)10-6-4-3-5-7-10/h3-7H,8-9H2,1-2H3. The summed E-state index contributed by atoms with van der Waals surface area (Å²) in [6, 6.07) is 10.3. The highest BCUT2D eigenvalue weighted by Gasteiger charge is 2.17. The van der Waals surface area contributed by atoms with E-state index in [0.29, 0.717) is 0 Å². The topological polar surface area (TPSA) is 18.8 Å². The van der Waals surface area contributed by atoms with Gasteiger partial charge in [0, 0.05) is 26.3 Å². The van der Waals surface area contributed by atoms with Gasteiger partial charge in [-0.15, -0.1) is 0 Å². The summed E-state index contributed by atoms with van der Waals surface area (Å²) >= 11 is 0. The molecule has 3 heteroatoms. The molecule has 14 heavy (non-hydrogen) atoms. The number of para-hydroxylation sites is 1. The highest BCUT2D eigenvalue weighted by atomic mass is 15.4. The first-order valence-corrected chi connectivity index (χ1v) is 4.83. The Balaban J connectivity index is 2.20. The maximum Gasteiger partial charge on any atom is 0.200 e. The molecule has 0 fully saturated rings. The summed E-state index contributed by atoms with van der Waals surface area (Å²) < 4.78 is 0. The molecule has 3 nitrogen and oxygen atoms in total. The third-order valence-corrected chi connectivity index (χ3v) is 2.47. The summed E-state index contributed by atoms with van der Waals surface area (Å²) in [5, 5.41) is 0. The predicted molar refractivity (Wildman–Crippen MR) is 59.8 cm³/mol. The Kier molecular flexibility index (Phi) is 2.39. The number of likely N-dealkylation sites (N-methyl/N-ethyl adjacent to an activating group) is 1. The predicted octanol–water partition coefficient (Wildman–Crippen LogP) is 1.42. The number of hydrogen-bond acceptors (Lipinski definition) is 3. The van der Waals surface area contributed by atoms with Crippen molar-refractivity contribution in [3.63, 3.8) is 0 Å². The van der Waals surface area contributed by atoms with Gasteiger partial charge in [0.1, 0.15) is 0 Å². The van der Waals surface area contributed by atoms with Gasteiger partial charge in [0.25, 0.3) is 0 Å². The van der Waals surface area contributed by atoms with E-state index in [1.54, 1.807) is 0 Å². The first-order valence-electron chi connectivity index (χ1n) is 4.83. The molecule has 74 valence electrons. The number of nitrogens with zero attached hydrogens (tertiary/aromatic N) is 3. The van der Waals surface area contributed by atoms with Crippen molar-refractivity contribution >= 4 is 11.6 Å². The molecule has 0 N–H and O–H groups in total. The van der Waals surface area contributed by atoms with Crippen molar-refractivity contribution in [2.75, 3.05) is 32.1 Å². The third-order valence-electron chi connectivity index (χ3n) is 2.47. The molecule has 1 aromatic carbocycles. The molecular formula is C11H15N3. The lowest BCUT2D eigenvalue weighted by atomic mass is 10.3. The van der Waals surface area contributed by atoms with E-state index in [9.17, 15) is 0 Å². The number of aliphatic imine (C=N–C) groups is 1. The van der Waals surface area contributed by atoms with Crippen molar-refractivity contribution in [1.82, 2.24) is 4.90 Å². The maximum atomic E-state index is 4.46. The van der Waals surface area contributed by atoms with Crippen molar-refractivity contribution in [2.45, 2.75) is 0 Å². The molecule has 0 saturated heterocycles. The monoisotopic (exact) mass is 189 g/mol. The summed E-state index contributed by atoms with van der Waals surface area (Å²) in [4.78, 5) is 8.75. The maximum absolute atomic E-state index is 4.46. The van der Waals surface area contributed by atoms with Crippen LogP contribution >= 0.6 is 0 Å². The van der Waals surface area contributed by atoms with Gasteiger partial charge >= 0.3 is 0 Å². The number of rotatable bonds is 1. The lowest BCUT2D eigenvalue weighted by molar-refractivity contribution is 0.548. The van der Waals surface area contributed by atoms with Crippen molar-refractivity contribution in [3.8, 4) is 0 Å². The van der Waals surface area contributed by atoms with E-state index in [1.165, 1.54) is 5.69 Å². The minimum Gasteiger partial charge on any atom is -0.344 e. The molecule has 0 atom stereocenters. The van der Waals surface area contributed by atoms with Crippen molar-refractivity contribution in [3.05, 3.63) is 30.3 Å². The Bertz CT molecular complexity index is 332. The van der Waals surface area contributed by atoms with Crippen LogP contribution in [0.2, 0.25) is 0 Å². The van der Waals surface area contributed by atoms with E-state index in [0.717, 1.165) is 19.0 Å². The van der Waals surface area contributed by atoms with Crippen LogP contribution in [0.3, 0.4) is 0 Å². The van der Waals surface area contributed by atoms with E-state index in [4.69, 9.17) is 0 Å². The zero-order valence-corrected chi connectivity index (χ0v) is 8.64. The second kappa shape index (κ2) is 3.70. The molecule has 0 spiro atoms. The van der Waals surface area contributed by atoms with Gasteiger partial charge in [-0.3, -0.25) is 4.99 Å². The fourth-order valence-electron chi connectivity index (χ4n) is 1.65. The molecule has 1 heterocycles. The molecular weight excluding hydrogens is 174 g/mol. The fourth-order valence-corrected chi connectivity index (χ4v) is 1.65. The molecule has 0 aromatic heterocycles. The number of hydrogen-bond donors (Lipinski definition) is 0. The Morgan fingerprint density at radius 3 is 2.57 bits per heavy atom. The van der Waals surface area contributed by atoms with Crippen LogP contribution in [0.15, 0.2) is 35.3 Å². The highest BCUT2D eigenvalue weighted by Crippen LogP contribution is 2.14. The van der Waals surface area contributed by atoms with E-state index in [1.807, 2.05) is 18.2 Å². The van der Waals surface area contributed by atoms with Gasteiger partial charge < -0.3 is 9.80 Å². The van der Waals surface area contributed by atoms with Crippen LogP contribution in [-0.2, 0) is 0 Å². The van der Waals surface area contributed by atoms with Gasteiger partial charge in [0.15, 0.2) is 0 Å². The lowest BCUT2D eigenvalue weighted by Crippen LogP contribution is -2.37. The van der Waals surface area contributed by atoms with Crippen LogP contribution in [0.5, 0.6) is 0 Å². The molecule has 0 unspecified atom stereocenters. The van der Waals surface area contributed by atoms with E-state index < -0.39 is 0 Å². The first-order chi connectivity index (χ1) is 6.79. The second-order valence-electron chi connectivity index (χ2n) is 3.50. The minimum absolute atomic E-state index is 0.906. The van der Waals surface area contributed by atoms with Gasteiger partial charge in [0.2, 0.25) is 5.96 Å². The largest absolute Gasteiger partial charge is 0.344 e. The Labute approximate surface area is 84.7 Å². The number of benzene rings is 1. The summed E-state index contributed by atoms with van der Waals surface area (Å²) in [5.74, 6) is 1.05. The van der Waals surface area contributed by atoms with Crippen LogP contribution in [-0.4, -0.2) is 38.0 Å². The lowest BCUT2D eigenvalue weighted by Gasteiger charge is -2.24. The number of anilines is 1. The molecule has 0 aliphatic carbocycles. The minimum atomic E-state index is 0.906. The van der Waals surface area contributed by atoms with Gasteiger partial charge in [-0.05, 0) is 12.1 Å². The van der Waals surface area contributed by atoms with E-state index in [2.05, 4.69) is 41.0 Å². The van der Waals surface area contributed by atoms with E-state index in [-0.39, 0.29) is 0 Å². The van der Waals surface area contributed by atoms with Gasteiger partial charge in [-0.25, -0.2) is 0 Å². The number of guanidine groups is 1. The van der Waals surface area contributed by atoms with Crippen LogP contribution in [0, 0.1) is 0 Å². The normalized spacial score (nSPS) is 15.6. The Morgan fingerprint density at radius 2 is 2.00 bits per heavy atom. The Morgan fingerprint density at radius 1 is 1.29 bits per heavy atom. The molecule has 1 aliphatic rings. The summed E-state index contributed by atoms with van der Waals surface area (Å²) in [5.41, 5.74) is 1.18. The molecule has 0 amide bonds. The summed E-state index contributed by atoms with van der Waals surface area (Å²) in [6.45, 7) is 1.93. The quantitative estimate of drug-likeness (QED) is 0.665. The highest BCUT2D eigenvalue weighted by molar-refractivity contribution is 5.96. The van der Waals surface area contributed by atoms with Crippen LogP contribution in [0.4, 0.5) is 5.69 Å². The van der Waals surface area contributed by atoms with Crippen LogP contribution in [0.25, 0.3) is 0 Å². The van der Waals surface area contributed by atoms with Crippen LogP contribution in [0.1, 0.15) is 0 Å². The molecule has 2 rings (SSSR count). The second-order valence-corrected chi connectivity index (χ2v) is 3.50. The molecule has 0 bridgehead atoms. The third kappa shape index (κ3) is 1.58. The average Bonchev–Trinajstić information content (AvgIpc) is 2.65. The summed E-state index contributed by atoms with van der Waals surface area (Å²) in [6.07, 6.45) is 0. The molecule has 0 radical (unpaired) electrons. The zero-order valence-electron chi connectivity index (χ0n) is 8.64. The van der Waals surface area contributed by atoms with Crippen molar-refractivity contribution in [2.24, 2.45) is 4.99 Å². The van der Waals surface area contributed by atoms with Crippen molar-refractivity contribution < 1.29 is 0 Å². The Hall–Kier alpha value is -1.51. The van der Waals surface area contributed by atoms with E-state index >= 15 is 0 Å². The van der Waals surface area contributed by atoms with Crippen LogP contribution < -0.4 is 4.90 Å². The zero-order chi connectivity index (χ0) is 9.97.